The van der Waals surface area contributed by atoms with Gasteiger partial charge >= 0.3 is 0 Å². The molecule has 0 aromatic heterocycles. The van der Waals surface area contributed by atoms with Crippen LogP contribution in [0.1, 0.15) is 26.3 Å². The molecular weight excluding hydrogens is 849 g/mol. The summed E-state index contributed by atoms with van der Waals surface area (Å²) in [5, 5.41) is 16.0. The van der Waals surface area contributed by atoms with E-state index in [1.807, 2.05) is 0 Å². The van der Waals surface area contributed by atoms with E-state index in [0.717, 1.165) is 0 Å². The molecule has 2 heteroatoms. The van der Waals surface area contributed by atoms with Gasteiger partial charge < -0.3 is 0 Å². The third-order valence-corrected chi connectivity index (χ3v) is 24.0. The van der Waals surface area contributed by atoms with Gasteiger partial charge in [-0.15, -0.1) is 0 Å². The van der Waals surface area contributed by atoms with E-state index in [1.165, 1.54) is 90.9 Å². The first kappa shape index (κ1) is 43.0. The molecule has 0 radical (unpaired) electrons. The molecule has 0 atom stereocenters. The van der Waals surface area contributed by atoms with Crippen molar-refractivity contribution in [2.45, 2.75) is 26.2 Å². The maximum atomic E-state index is 2.53. The molecule has 11 aromatic carbocycles. The number of hydrogen-bond donors (Lipinski definition) is 0. The Hall–Kier alpha value is -7.63. The van der Waals surface area contributed by atoms with Gasteiger partial charge in [0.25, 0.3) is 0 Å². The molecule has 0 N–H and O–H groups in total. The summed E-state index contributed by atoms with van der Waals surface area (Å²) >= 11 is 0. The lowest BCUT2D eigenvalue weighted by Gasteiger charge is -2.37. The quantitative estimate of drug-likeness (QED) is 0.0729. The summed E-state index contributed by atoms with van der Waals surface area (Å²) in [6.45, 7) is 7.03. The Labute approximate surface area is 403 Å². The van der Waals surface area contributed by atoms with Crippen LogP contribution in [0.4, 0.5) is 0 Å². The van der Waals surface area contributed by atoms with Gasteiger partial charge in [-0.05, 0) is 102 Å². The lowest BCUT2D eigenvalue weighted by atomic mass is 9.81. The standard InChI is InChI=1S/C66H54Si2/c1-66(2,3)49-46-47-58-61(48-49)65(60-43-25-27-45-63(60)68(53-34-16-7-17-35-53,54-36-18-8-19-37-54)55-38-20-9-21-39-55)57-41-23-22-40-56(57)64(58)59-42-24-26-44-62(59)67(50-28-10-4-11-29-50,51-30-12-5-13-31-51)52-32-14-6-15-33-52/h4-48H,1-3H3. The Morgan fingerprint density at radius 3 is 0.838 bits per heavy atom. The predicted molar refractivity (Wildman–Crippen MR) is 298 cm³/mol. The molecule has 326 valence electrons. The minimum atomic E-state index is -2.97. The zero-order chi connectivity index (χ0) is 46.1. The molecule has 0 amide bonds. The molecule has 0 unspecified atom stereocenters. The van der Waals surface area contributed by atoms with Crippen LogP contribution in [0.25, 0.3) is 43.8 Å². The summed E-state index contributed by atoms with van der Waals surface area (Å²) in [6, 6.07) is 104. The maximum Gasteiger partial charge on any atom is 0.180 e. The molecule has 0 heterocycles. The third kappa shape index (κ3) is 7.11. The first-order valence-corrected chi connectivity index (χ1v) is 27.9. The van der Waals surface area contributed by atoms with Crippen molar-refractivity contribution in [3.05, 3.63) is 279 Å². The summed E-state index contributed by atoms with van der Waals surface area (Å²) < 4.78 is 0. The Bertz CT molecular complexity index is 3310. The average Bonchev–Trinajstić information content (AvgIpc) is 3.40. The highest BCUT2D eigenvalue weighted by atomic mass is 28.3. The molecule has 0 aliphatic rings. The first-order valence-electron chi connectivity index (χ1n) is 23.9. The van der Waals surface area contributed by atoms with Crippen LogP contribution in [0.15, 0.2) is 273 Å². The van der Waals surface area contributed by atoms with Crippen LogP contribution < -0.4 is 41.5 Å². The van der Waals surface area contributed by atoms with Crippen LogP contribution >= 0.6 is 0 Å². The second-order valence-electron chi connectivity index (χ2n) is 19.1. The largest absolute Gasteiger partial charge is 0.180 e. The number of benzene rings is 11. The van der Waals surface area contributed by atoms with Gasteiger partial charge in [0.15, 0.2) is 16.1 Å². The van der Waals surface area contributed by atoms with Gasteiger partial charge in [0.05, 0.1) is 0 Å². The number of fused-ring (bicyclic) bond motifs is 2. The number of rotatable bonds is 10. The third-order valence-electron chi connectivity index (χ3n) is 14.3. The van der Waals surface area contributed by atoms with Gasteiger partial charge in [-0.25, -0.2) is 0 Å². The normalized spacial score (nSPS) is 12.0. The lowest BCUT2D eigenvalue weighted by molar-refractivity contribution is 0.591. The van der Waals surface area contributed by atoms with Crippen LogP contribution in [-0.2, 0) is 5.41 Å². The highest BCUT2D eigenvalue weighted by Gasteiger charge is 2.45. The fourth-order valence-electron chi connectivity index (χ4n) is 11.3. The fourth-order valence-corrected chi connectivity index (χ4v) is 21.3. The van der Waals surface area contributed by atoms with Crippen molar-refractivity contribution in [2.75, 3.05) is 0 Å². The Balaban J connectivity index is 1.31. The highest BCUT2D eigenvalue weighted by molar-refractivity contribution is 7.21. The predicted octanol–water partition coefficient (Wildman–Crippen LogP) is 11.4. The monoisotopic (exact) mass is 902 g/mol. The summed E-state index contributed by atoms with van der Waals surface area (Å²) in [7, 11) is -5.93. The number of hydrogen-bond acceptors (Lipinski definition) is 0. The minimum absolute atomic E-state index is 0.0820. The molecule has 0 saturated carbocycles. The highest BCUT2D eigenvalue weighted by Crippen LogP contribution is 2.45. The zero-order valence-electron chi connectivity index (χ0n) is 39.0. The van der Waals surface area contributed by atoms with E-state index in [4.69, 9.17) is 0 Å². The molecule has 11 aromatic rings. The fraction of sp³-hybridized carbons (Fsp3) is 0.0606. The molecule has 0 aliphatic carbocycles. The molecular formula is C66H54Si2. The molecule has 68 heavy (non-hydrogen) atoms. The van der Waals surface area contributed by atoms with E-state index in [2.05, 4.69) is 294 Å². The molecule has 0 spiro atoms. The average molecular weight is 903 g/mol. The van der Waals surface area contributed by atoms with Crippen molar-refractivity contribution in [1.29, 1.82) is 0 Å². The SMILES string of the molecule is CC(C)(C)c1ccc2c(-c3ccccc3[Si](c3ccccc3)(c3ccccc3)c3ccccc3)c3ccccc3c(-c3ccccc3[Si](c3ccccc3)(c3ccccc3)c3ccccc3)c2c1. The van der Waals surface area contributed by atoms with Gasteiger partial charge in [-0.2, -0.15) is 0 Å². The van der Waals surface area contributed by atoms with Crippen LogP contribution in [-0.4, -0.2) is 16.1 Å². The maximum absolute atomic E-state index is 2.97. The van der Waals surface area contributed by atoms with E-state index in [-0.39, 0.29) is 5.41 Å². The van der Waals surface area contributed by atoms with Crippen molar-refractivity contribution < 1.29 is 0 Å². The Morgan fingerprint density at radius 2 is 0.515 bits per heavy atom. The van der Waals surface area contributed by atoms with Crippen molar-refractivity contribution in [3.63, 3.8) is 0 Å². The van der Waals surface area contributed by atoms with Crippen LogP contribution in [0.2, 0.25) is 0 Å². The van der Waals surface area contributed by atoms with Crippen molar-refractivity contribution in [2.24, 2.45) is 0 Å². The van der Waals surface area contributed by atoms with E-state index in [0.29, 0.717) is 0 Å². The van der Waals surface area contributed by atoms with Gasteiger partial charge in [-0.1, -0.05) is 288 Å². The second kappa shape index (κ2) is 17.9. The van der Waals surface area contributed by atoms with Gasteiger partial charge in [-0.3, -0.25) is 0 Å². The van der Waals surface area contributed by atoms with Crippen molar-refractivity contribution in [1.82, 2.24) is 0 Å². The summed E-state index contributed by atoms with van der Waals surface area (Å²) in [5.74, 6) is 0. The summed E-state index contributed by atoms with van der Waals surface area (Å²) in [4.78, 5) is 0. The van der Waals surface area contributed by atoms with Crippen molar-refractivity contribution in [3.8, 4) is 22.3 Å². The Kier molecular flexibility index (Phi) is 11.3. The molecule has 0 bridgehead atoms. The van der Waals surface area contributed by atoms with Crippen molar-refractivity contribution >= 4 is 79.2 Å². The molecule has 11 rings (SSSR count). The Morgan fingerprint density at radius 1 is 0.250 bits per heavy atom. The van der Waals surface area contributed by atoms with E-state index >= 15 is 0 Å². The van der Waals surface area contributed by atoms with Gasteiger partial charge in [0.1, 0.15) is 0 Å². The zero-order valence-corrected chi connectivity index (χ0v) is 41.0. The van der Waals surface area contributed by atoms with E-state index in [9.17, 15) is 0 Å². The second-order valence-corrected chi connectivity index (χ2v) is 26.6. The smallest absolute Gasteiger partial charge is 0.0623 e. The van der Waals surface area contributed by atoms with Crippen LogP contribution in [0.3, 0.4) is 0 Å². The minimum Gasteiger partial charge on any atom is -0.0623 e. The van der Waals surface area contributed by atoms with E-state index < -0.39 is 16.1 Å². The lowest BCUT2D eigenvalue weighted by Crippen LogP contribution is -2.75. The van der Waals surface area contributed by atoms with Gasteiger partial charge in [0.2, 0.25) is 0 Å². The van der Waals surface area contributed by atoms with Gasteiger partial charge in [0, 0.05) is 0 Å². The summed E-state index contributed by atoms with van der Waals surface area (Å²) in [5.41, 5.74) is 6.37. The van der Waals surface area contributed by atoms with E-state index in [1.54, 1.807) is 0 Å². The summed E-state index contributed by atoms with van der Waals surface area (Å²) in [6.07, 6.45) is 0. The van der Waals surface area contributed by atoms with Crippen LogP contribution in [0, 0.1) is 0 Å². The molecule has 0 saturated heterocycles. The molecule has 0 aliphatic heterocycles. The molecule has 0 fully saturated rings. The molecule has 0 nitrogen and oxygen atoms in total. The topological polar surface area (TPSA) is 0 Å². The van der Waals surface area contributed by atoms with Crippen LogP contribution in [0.5, 0.6) is 0 Å². The first-order chi connectivity index (χ1) is 33.4.